The van der Waals surface area contributed by atoms with Crippen LogP contribution in [-0.4, -0.2) is 31.7 Å². The summed E-state index contributed by atoms with van der Waals surface area (Å²) in [5.74, 6) is 0. The van der Waals surface area contributed by atoms with Crippen LogP contribution in [0.15, 0.2) is 22.3 Å². The molecule has 4 heteroatoms. The van der Waals surface area contributed by atoms with Crippen LogP contribution in [0.4, 0.5) is 0 Å². The number of nitrogens with zero attached hydrogens (tertiary/aromatic N) is 2. The monoisotopic (exact) mass is 167 g/mol. The van der Waals surface area contributed by atoms with Crippen molar-refractivity contribution in [3.8, 4) is 0 Å². The van der Waals surface area contributed by atoms with E-state index in [4.69, 9.17) is 4.84 Å². The molecule has 1 aliphatic rings. The molecule has 12 heavy (non-hydrogen) atoms. The molecule has 1 rings (SSSR count). The number of aliphatic imine (C=N–C) groups is 1. The molecule has 4 nitrogen and oxygen atoms in total. The van der Waals surface area contributed by atoms with Crippen molar-refractivity contribution in [1.29, 1.82) is 0 Å². The predicted octanol–water partition coefficient (Wildman–Crippen LogP) is 0.567. The first-order valence-electron chi connectivity index (χ1n) is 3.94. The van der Waals surface area contributed by atoms with Gasteiger partial charge in [-0.15, -0.1) is 0 Å². The minimum Gasteiger partial charge on any atom is -0.392 e. The number of nitrogens with one attached hydrogen (secondary N) is 1. The second-order valence-electron chi connectivity index (χ2n) is 2.37. The number of allylic oxidation sites excluding steroid dienone is 1. The topological polar surface area (TPSA) is 46.0 Å². The van der Waals surface area contributed by atoms with E-state index in [1.807, 2.05) is 19.1 Å². The molecule has 0 unspecified atom stereocenters. The molecule has 0 aliphatic carbocycles. The zero-order valence-corrected chi connectivity index (χ0v) is 7.16. The molecule has 1 N–H and O–H groups in total. The van der Waals surface area contributed by atoms with E-state index >= 15 is 0 Å². The summed E-state index contributed by atoms with van der Waals surface area (Å²) in [4.78, 5) is 8.99. The van der Waals surface area contributed by atoms with Crippen LogP contribution in [0.1, 0.15) is 6.92 Å². The highest BCUT2D eigenvalue weighted by Gasteiger charge is 2.00. The van der Waals surface area contributed by atoms with Crippen molar-refractivity contribution in [1.82, 2.24) is 5.32 Å². The Labute approximate surface area is 72.0 Å². The van der Waals surface area contributed by atoms with Gasteiger partial charge in [-0.3, -0.25) is 4.99 Å². The lowest BCUT2D eigenvalue weighted by Crippen LogP contribution is -2.28. The highest BCUT2D eigenvalue weighted by molar-refractivity contribution is 5.92. The van der Waals surface area contributed by atoms with Gasteiger partial charge in [0.1, 0.15) is 6.61 Å². The first-order chi connectivity index (χ1) is 5.93. The Bertz CT molecular complexity index is 208. The van der Waals surface area contributed by atoms with E-state index in [1.165, 1.54) is 0 Å². The van der Waals surface area contributed by atoms with Crippen LogP contribution < -0.4 is 5.32 Å². The zero-order valence-electron chi connectivity index (χ0n) is 7.16. The van der Waals surface area contributed by atoms with Gasteiger partial charge in [-0.25, -0.2) is 0 Å². The molecule has 66 valence electrons. The second-order valence-corrected chi connectivity index (χ2v) is 2.37. The standard InChI is InChI=1S/C8H13N3O/c1-2-3-4-12-11-8-5-9-7-10-6-8/h2-3,7H,4-6H2,1H3,(H,9,10). The summed E-state index contributed by atoms with van der Waals surface area (Å²) in [5.41, 5.74) is 0.932. The molecule has 1 heterocycles. The largest absolute Gasteiger partial charge is 0.392 e. The number of hydrogen-bond acceptors (Lipinski definition) is 4. The van der Waals surface area contributed by atoms with Crippen LogP contribution in [0.3, 0.4) is 0 Å². The predicted molar refractivity (Wildman–Crippen MR) is 49.6 cm³/mol. The summed E-state index contributed by atoms with van der Waals surface area (Å²) in [6, 6.07) is 0. The summed E-state index contributed by atoms with van der Waals surface area (Å²) in [6.45, 7) is 3.86. The minimum absolute atomic E-state index is 0.531. The van der Waals surface area contributed by atoms with E-state index in [-0.39, 0.29) is 0 Å². The summed E-state index contributed by atoms with van der Waals surface area (Å²) in [7, 11) is 0. The van der Waals surface area contributed by atoms with Gasteiger partial charge in [0.25, 0.3) is 0 Å². The smallest absolute Gasteiger partial charge is 0.135 e. The molecule has 1 aliphatic heterocycles. The van der Waals surface area contributed by atoms with Gasteiger partial charge >= 0.3 is 0 Å². The average Bonchev–Trinajstić information content (AvgIpc) is 2.14. The lowest BCUT2D eigenvalue weighted by molar-refractivity contribution is 0.173. The molecule has 0 radical (unpaired) electrons. The van der Waals surface area contributed by atoms with Gasteiger partial charge in [0.05, 0.1) is 25.1 Å². The molecule has 0 saturated carbocycles. The van der Waals surface area contributed by atoms with E-state index in [1.54, 1.807) is 6.34 Å². The van der Waals surface area contributed by atoms with Gasteiger partial charge in [-0.2, -0.15) is 0 Å². The van der Waals surface area contributed by atoms with Crippen molar-refractivity contribution in [3.63, 3.8) is 0 Å². The summed E-state index contributed by atoms with van der Waals surface area (Å²) in [6.07, 6.45) is 5.52. The molecule has 0 aromatic heterocycles. The van der Waals surface area contributed by atoms with Crippen molar-refractivity contribution in [3.05, 3.63) is 12.2 Å². The lowest BCUT2D eigenvalue weighted by Gasteiger charge is -2.07. The molecule has 0 spiro atoms. The highest BCUT2D eigenvalue weighted by atomic mass is 16.6. The fourth-order valence-electron chi connectivity index (χ4n) is 0.764. The van der Waals surface area contributed by atoms with Crippen molar-refractivity contribution >= 4 is 12.1 Å². The summed E-state index contributed by atoms with van der Waals surface area (Å²) in [5, 5.41) is 6.87. The Morgan fingerprint density at radius 1 is 1.83 bits per heavy atom. The van der Waals surface area contributed by atoms with Crippen LogP contribution >= 0.6 is 0 Å². The number of hydrogen-bond donors (Lipinski definition) is 1. The maximum Gasteiger partial charge on any atom is 0.135 e. The average molecular weight is 167 g/mol. The van der Waals surface area contributed by atoms with Gasteiger partial charge < -0.3 is 10.2 Å². The van der Waals surface area contributed by atoms with Crippen LogP contribution in [0.2, 0.25) is 0 Å². The van der Waals surface area contributed by atoms with Crippen molar-refractivity contribution in [2.45, 2.75) is 6.92 Å². The Balaban J connectivity index is 2.22. The molecule has 0 aromatic carbocycles. The highest BCUT2D eigenvalue weighted by Crippen LogP contribution is 1.86. The normalized spacial score (nSPS) is 19.9. The van der Waals surface area contributed by atoms with Gasteiger partial charge in [0, 0.05) is 0 Å². The number of rotatable bonds is 3. The molecule has 0 amide bonds. The van der Waals surface area contributed by atoms with Gasteiger partial charge in [-0.05, 0) is 13.0 Å². The Kier molecular flexibility index (Phi) is 3.91. The molecule has 0 fully saturated rings. The van der Waals surface area contributed by atoms with Crippen LogP contribution in [0, 0.1) is 0 Å². The van der Waals surface area contributed by atoms with Crippen molar-refractivity contribution in [2.75, 3.05) is 19.7 Å². The molecule has 0 atom stereocenters. The zero-order chi connectivity index (χ0) is 8.65. The Hall–Kier alpha value is -1.32. The third-order valence-electron chi connectivity index (χ3n) is 1.36. The number of oxime groups is 1. The van der Waals surface area contributed by atoms with Crippen LogP contribution in [0.25, 0.3) is 0 Å². The van der Waals surface area contributed by atoms with E-state index in [0.717, 1.165) is 12.3 Å². The van der Waals surface area contributed by atoms with Gasteiger partial charge in [0.15, 0.2) is 0 Å². The quantitative estimate of drug-likeness (QED) is 0.379. The molecule has 0 bridgehead atoms. The Morgan fingerprint density at radius 2 is 2.75 bits per heavy atom. The maximum absolute atomic E-state index is 5.00. The van der Waals surface area contributed by atoms with Gasteiger partial charge in [-0.1, -0.05) is 11.2 Å². The first kappa shape index (κ1) is 8.77. The van der Waals surface area contributed by atoms with Crippen molar-refractivity contribution < 1.29 is 4.84 Å². The summed E-state index contributed by atoms with van der Waals surface area (Å²) < 4.78 is 0. The van der Waals surface area contributed by atoms with E-state index in [0.29, 0.717) is 13.2 Å². The fourth-order valence-corrected chi connectivity index (χ4v) is 0.764. The lowest BCUT2D eigenvalue weighted by atomic mass is 10.3. The van der Waals surface area contributed by atoms with Crippen LogP contribution in [-0.2, 0) is 4.84 Å². The molecule has 0 aromatic rings. The fraction of sp³-hybridized carbons (Fsp3) is 0.500. The third-order valence-corrected chi connectivity index (χ3v) is 1.36. The van der Waals surface area contributed by atoms with Crippen LogP contribution in [0.5, 0.6) is 0 Å². The third kappa shape index (κ3) is 3.18. The first-order valence-corrected chi connectivity index (χ1v) is 3.94. The minimum atomic E-state index is 0.531. The van der Waals surface area contributed by atoms with Gasteiger partial charge in [0.2, 0.25) is 0 Å². The second kappa shape index (κ2) is 5.35. The SMILES string of the molecule is CC=CCON=C1CN=CNC1. The van der Waals surface area contributed by atoms with E-state index in [9.17, 15) is 0 Å². The van der Waals surface area contributed by atoms with Crippen molar-refractivity contribution in [2.24, 2.45) is 10.1 Å². The molecular weight excluding hydrogens is 154 g/mol. The molecule has 0 saturated heterocycles. The maximum atomic E-state index is 5.00. The molecular formula is C8H13N3O. The summed E-state index contributed by atoms with van der Waals surface area (Å²) >= 11 is 0. The Morgan fingerprint density at radius 3 is 3.42 bits per heavy atom. The van der Waals surface area contributed by atoms with E-state index < -0.39 is 0 Å². The van der Waals surface area contributed by atoms with E-state index in [2.05, 4.69) is 15.5 Å².